The van der Waals surface area contributed by atoms with Gasteiger partial charge in [-0.2, -0.15) is 5.10 Å². The van der Waals surface area contributed by atoms with Crippen molar-refractivity contribution in [2.24, 2.45) is 0 Å². The lowest BCUT2D eigenvalue weighted by molar-refractivity contribution is -0.145. The number of aliphatic carboxylic acids is 1. The molecule has 0 bridgehead atoms. The van der Waals surface area contributed by atoms with Crippen LogP contribution in [0.1, 0.15) is 18.4 Å². The van der Waals surface area contributed by atoms with E-state index < -0.39 is 5.97 Å². The molecule has 2 heterocycles. The largest absolute Gasteiger partial charge is 0.480 e. The summed E-state index contributed by atoms with van der Waals surface area (Å²) in [4.78, 5) is 24.0. The Morgan fingerprint density at radius 3 is 2.85 bits per heavy atom. The third-order valence-corrected chi connectivity index (χ3v) is 3.17. The standard InChI is InChI=1S/C12H18N4O4/c17-11(18)8-20-10-1-3-16(4-2-10)12(19)13-5-9-6-14-15-7-9/h6-7,10H,1-5,8H2,(H,13,19)(H,14,15)(H,17,18). The zero-order valence-electron chi connectivity index (χ0n) is 11.0. The number of hydrogen-bond acceptors (Lipinski definition) is 4. The number of piperidine rings is 1. The van der Waals surface area contributed by atoms with Gasteiger partial charge in [0.1, 0.15) is 6.61 Å². The summed E-state index contributed by atoms with van der Waals surface area (Å²) in [6.07, 6.45) is 4.63. The van der Waals surface area contributed by atoms with E-state index in [1.165, 1.54) is 0 Å². The number of urea groups is 1. The molecule has 0 atom stereocenters. The maximum absolute atomic E-state index is 11.9. The Labute approximate surface area is 116 Å². The molecule has 110 valence electrons. The molecule has 8 heteroatoms. The molecular formula is C12H18N4O4. The van der Waals surface area contributed by atoms with Gasteiger partial charge in [-0.15, -0.1) is 0 Å². The third-order valence-electron chi connectivity index (χ3n) is 3.17. The van der Waals surface area contributed by atoms with E-state index in [9.17, 15) is 9.59 Å². The van der Waals surface area contributed by atoms with Crippen molar-refractivity contribution in [1.82, 2.24) is 20.4 Å². The van der Waals surface area contributed by atoms with E-state index >= 15 is 0 Å². The molecule has 1 fully saturated rings. The number of carboxylic acids is 1. The highest BCUT2D eigenvalue weighted by molar-refractivity contribution is 5.74. The molecule has 0 aliphatic carbocycles. The first kappa shape index (κ1) is 14.3. The first-order chi connectivity index (χ1) is 9.65. The number of carbonyl (C=O) groups is 2. The van der Waals surface area contributed by atoms with Crippen molar-refractivity contribution in [2.75, 3.05) is 19.7 Å². The molecule has 0 aromatic carbocycles. The van der Waals surface area contributed by atoms with Crippen molar-refractivity contribution >= 4 is 12.0 Å². The number of H-pyrrole nitrogens is 1. The molecule has 8 nitrogen and oxygen atoms in total. The number of aromatic nitrogens is 2. The number of nitrogens with zero attached hydrogens (tertiary/aromatic N) is 2. The summed E-state index contributed by atoms with van der Waals surface area (Å²) in [5, 5.41) is 17.8. The molecule has 0 radical (unpaired) electrons. The SMILES string of the molecule is O=C(O)COC1CCN(C(=O)NCc2cn[nH]c2)CC1. The van der Waals surface area contributed by atoms with Gasteiger partial charge in [-0.3, -0.25) is 5.10 Å². The van der Waals surface area contributed by atoms with E-state index in [-0.39, 0.29) is 18.7 Å². The number of likely N-dealkylation sites (tertiary alicyclic amines) is 1. The van der Waals surface area contributed by atoms with Gasteiger partial charge in [-0.05, 0) is 12.8 Å². The minimum absolute atomic E-state index is 0.0796. The second-order valence-corrected chi connectivity index (χ2v) is 4.66. The Morgan fingerprint density at radius 2 is 2.25 bits per heavy atom. The van der Waals surface area contributed by atoms with Gasteiger partial charge in [-0.25, -0.2) is 9.59 Å². The fourth-order valence-corrected chi connectivity index (χ4v) is 2.08. The summed E-state index contributed by atoms with van der Waals surface area (Å²) in [6, 6.07) is -0.122. The van der Waals surface area contributed by atoms with Gasteiger partial charge < -0.3 is 20.1 Å². The molecular weight excluding hydrogens is 264 g/mol. The molecule has 0 saturated carbocycles. The average Bonchev–Trinajstić information content (AvgIpc) is 2.96. The number of aromatic amines is 1. The van der Waals surface area contributed by atoms with Crippen LogP contribution in [0.3, 0.4) is 0 Å². The van der Waals surface area contributed by atoms with Crippen molar-refractivity contribution in [2.45, 2.75) is 25.5 Å². The first-order valence-corrected chi connectivity index (χ1v) is 6.49. The summed E-state index contributed by atoms with van der Waals surface area (Å²) in [6.45, 7) is 1.30. The van der Waals surface area contributed by atoms with Gasteiger partial charge in [0.05, 0.1) is 12.3 Å². The summed E-state index contributed by atoms with van der Waals surface area (Å²) in [5.74, 6) is -0.967. The van der Waals surface area contributed by atoms with Crippen LogP contribution in [0.25, 0.3) is 0 Å². The zero-order valence-corrected chi connectivity index (χ0v) is 11.0. The highest BCUT2D eigenvalue weighted by atomic mass is 16.5. The van der Waals surface area contributed by atoms with Crippen LogP contribution in [0.15, 0.2) is 12.4 Å². The average molecular weight is 282 g/mol. The van der Waals surface area contributed by atoms with Gasteiger partial charge in [0, 0.05) is 31.4 Å². The van der Waals surface area contributed by atoms with Crippen molar-refractivity contribution in [3.63, 3.8) is 0 Å². The van der Waals surface area contributed by atoms with Crippen LogP contribution >= 0.6 is 0 Å². The first-order valence-electron chi connectivity index (χ1n) is 6.49. The van der Waals surface area contributed by atoms with Crippen LogP contribution in [-0.2, 0) is 16.1 Å². The predicted molar refractivity (Wildman–Crippen MR) is 69.0 cm³/mol. The minimum Gasteiger partial charge on any atom is -0.480 e. The van der Waals surface area contributed by atoms with Crippen molar-refractivity contribution in [3.05, 3.63) is 18.0 Å². The van der Waals surface area contributed by atoms with E-state index in [0.717, 1.165) is 5.56 Å². The molecule has 1 aliphatic heterocycles. The predicted octanol–water partition coefficient (Wildman–Crippen LogP) is 0.185. The van der Waals surface area contributed by atoms with Gasteiger partial charge in [-0.1, -0.05) is 0 Å². The van der Waals surface area contributed by atoms with Crippen LogP contribution in [0, 0.1) is 0 Å². The summed E-state index contributed by atoms with van der Waals surface area (Å²) >= 11 is 0. The van der Waals surface area contributed by atoms with Crippen LogP contribution in [-0.4, -0.2) is 58.0 Å². The molecule has 1 aromatic heterocycles. The molecule has 1 saturated heterocycles. The Hall–Kier alpha value is -2.09. The van der Waals surface area contributed by atoms with Crippen LogP contribution in [0.5, 0.6) is 0 Å². The van der Waals surface area contributed by atoms with Gasteiger partial charge >= 0.3 is 12.0 Å². The molecule has 20 heavy (non-hydrogen) atoms. The van der Waals surface area contributed by atoms with Crippen LogP contribution in [0.2, 0.25) is 0 Å². The van der Waals surface area contributed by atoms with Crippen LogP contribution < -0.4 is 5.32 Å². The number of carbonyl (C=O) groups excluding carboxylic acids is 1. The Balaban J connectivity index is 1.67. The molecule has 2 rings (SSSR count). The molecule has 2 amide bonds. The second-order valence-electron chi connectivity index (χ2n) is 4.66. The van der Waals surface area contributed by atoms with Crippen molar-refractivity contribution in [3.8, 4) is 0 Å². The quantitative estimate of drug-likeness (QED) is 0.714. The zero-order chi connectivity index (χ0) is 14.4. The number of rotatable bonds is 5. The monoisotopic (exact) mass is 282 g/mol. The molecule has 1 aliphatic rings. The van der Waals surface area contributed by atoms with Crippen LogP contribution in [0.4, 0.5) is 4.79 Å². The normalized spacial score (nSPS) is 16.1. The number of carboxylic acid groups (broad SMARTS) is 1. The topological polar surface area (TPSA) is 108 Å². The maximum Gasteiger partial charge on any atom is 0.329 e. The van der Waals surface area contributed by atoms with Gasteiger partial charge in [0.25, 0.3) is 0 Å². The van der Waals surface area contributed by atoms with Gasteiger partial charge in [0.15, 0.2) is 0 Å². The van der Waals surface area contributed by atoms with E-state index in [4.69, 9.17) is 9.84 Å². The lowest BCUT2D eigenvalue weighted by atomic mass is 10.1. The number of nitrogens with one attached hydrogen (secondary N) is 2. The molecule has 1 aromatic rings. The van der Waals surface area contributed by atoms with Crippen molar-refractivity contribution < 1.29 is 19.4 Å². The Kier molecular flexibility index (Phi) is 4.94. The van der Waals surface area contributed by atoms with E-state index in [1.54, 1.807) is 17.3 Å². The van der Waals surface area contributed by atoms with E-state index in [2.05, 4.69) is 15.5 Å². The smallest absolute Gasteiger partial charge is 0.329 e. The number of amides is 2. The van der Waals surface area contributed by atoms with E-state index in [0.29, 0.717) is 32.5 Å². The Bertz CT molecular complexity index is 440. The summed E-state index contributed by atoms with van der Waals surface area (Å²) in [5.41, 5.74) is 0.915. The lowest BCUT2D eigenvalue weighted by Crippen LogP contribution is -2.45. The molecule has 0 spiro atoms. The van der Waals surface area contributed by atoms with E-state index in [1.807, 2.05) is 0 Å². The molecule has 3 N–H and O–H groups in total. The highest BCUT2D eigenvalue weighted by Crippen LogP contribution is 2.13. The minimum atomic E-state index is -0.967. The summed E-state index contributed by atoms with van der Waals surface area (Å²) < 4.78 is 5.22. The van der Waals surface area contributed by atoms with Gasteiger partial charge in [0.2, 0.25) is 0 Å². The number of ether oxygens (including phenoxy) is 1. The maximum atomic E-state index is 11.9. The highest BCUT2D eigenvalue weighted by Gasteiger charge is 2.23. The Morgan fingerprint density at radius 1 is 1.50 bits per heavy atom. The van der Waals surface area contributed by atoms with Crippen molar-refractivity contribution in [1.29, 1.82) is 0 Å². The second kappa shape index (κ2) is 6.90. The number of hydrogen-bond donors (Lipinski definition) is 3. The fourth-order valence-electron chi connectivity index (χ4n) is 2.08. The fraction of sp³-hybridized carbons (Fsp3) is 0.583. The molecule has 0 unspecified atom stereocenters. The third kappa shape index (κ3) is 4.23. The summed E-state index contributed by atoms with van der Waals surface area (Å²) in [7, 11) is 0. The lowest BCUT2D eigenvalue weighted by Gasteiger charge is -2.31.